The number of carbonyl (C=O) groups excluding carboxylic acids is 1. The van der Waals surface area contributed by atoms with Gasteiger partial charge in [0, 0.05) is 20.0 Å². The molecule has 0 atom stereocenters. The summed E-state index contributed by atoms with van der Waals surface area (Å²) in [4.78, 5) is 28.9. The van der Waals surface area contributed by atoms with Gasteiger partial charge in [-0.1, -0.05) is 37.3 Å². The third-order valence-electron chi connectivity index (χ3n) is 3.33. The summed E-state index contributed by atoms with van der Waals surface area (Å²) < 4.78 is 0. The molecule has 1 heterocycles. The first-order chi connectivity index (χ1) is 11.0. The predicted octanol–water partition coefficient (Wildman–Crippen LogP) is 2.76. The first kappa shape index (κ1) is 16.5. The Morgan fingerprint density at radius 3 is 2.57 bits per heavy atom. The number of hydrogen-bond donors (Lipinski definition) is 2. The Morgan fingerprint density at radius 1 is 1.26 bits per heavy atom. The molecule has 0 radical (unpaired) electrons. The number of carboxylic acids is 1. The summed E-state index contributed by atoms with van der Waals surface area (Å²) in [5.41, 5.74) is 1.49. The Labute approximate surface area is 134 Å². The maximum Gasteiger partial charge on any atom is 0.339 e. The fraction of sp³-hybridized carbons (Fsp3) is 0.235. The molecule has 0 saturated heterocycles. The van der Waals surface area contributed by atoms with Crippen LogP contribution in [0.25, 0.3) is 0 Å². The highest BCUT2D eigenvalue weighted by Gasteiger charge is 2.17. The van der Waals surface area contributed by atoms with Gasteiger partial charge in [-0.25, -0.2) is 9.78 Å². The molecular formula is C17H19N3O3. The van der Waals surface area contributed by atoms with Crippen molar-refractivity contribution in [3.63, 3.8) is 0 Å². The molecule has 0 aliphatic rings. The highest BCUT2D eigenvalue weighted by molar-refractivity contribution is 5.96. The van der Waals surface area contributed by atoms with Crippen LogP contribution in [0.3, 0.4) is 0 Å². The second-order valence-corrected chi connectivity index (χ2v) is 5.14. The number of aromatic carboxylic acids is 1. The fourth-order valence-corrected chi connectivity index (χ4v) is 2.17. The number of nitrogens with one attached hydrogen (secondary N) is 1. The Morgan fingerprint density at radius 2 is 1.96 bits per heavy atom. The molecule has 0 saturated carbocycles. The van der Waals surface area contributed by atoms with Crippen LogP contribution < -0.4 is 10.2 Å². The quantitative estimate of drug-likeness (QED) is 0.857. The molecule has 2 rings (SSSR count). The summed E-state index contributed by atoms with van der Waals surface area (Å²) >= 11 is 0. The van der Waals surface area contributed by atoms with E-state index in [1.165, 1.54) is 12.3 Å². The topological polar surface area (TPSA) is 82.5 Å². The van der Waals surface area contributed by atoms with Gasteiger partial charge in [0.1, 0.15) is 11.4 Å². The van der Waals surface area contributed by atoms with E-state index in [-0.39, 0.29) is 11.5 Å². The molecule has 0 aliphatic carbocycles. The molecule has 1 amide bonds. The number of anilines is 2. The van der Waals surface area contributed by atoms with E-state index in [2.05, 4.69) is 10.3 Å². The van der Waals surface area contributed by atoms with Crippen LogP contribution in [0, 0.1) is 0 Å². The van der Waals surface area contributed by atoms with Crippen LogP contribution in [0.15, 0.2) is 42.6 Å². The number of rotatable bonds is 6. The summed E-state index contributed by atoms with van der Waals surface area (Å²) in [6, 6.07) is 11.1. The normalized spacial score (nSPS) is 10.2. The number of carbonyl (C=O) groups is 2. The van der Waals surface area contributed by atoms with Crippen molar-refractivity contribution >= 4 is 23.4 Å². The highest BCUT2D eigenvalue weighted by Crippen LogP contribution is 2.22. The van der Waals surface area contributed by atoms with Crippen LogP contribution in [0.5, 0.6) is 0 Å². The van der Waals surface area contributed by atoms with Crippen molar-refractivity contribution in [2.75, 3.05) is 17.3 Å². The van der Waals surface area contributed by atoms with E-state index in [0.29, 0.717) is 24.5 Å². The standard InChI is InChI=1S/C17H19N3O3/c1-3-15(21)19-13-9-14(17(22)23)16(18-10-13)20(2)11-12-7-5-4-6-8-12/h4-10H,3,11H2,1-2H3,(H,19,21)(H,22,23). The van der Waals surface area contributed by atoms with Gasteiger partial charge < -0.3 is 15.3 Å². The molecule has 6 nitrogen and oxygen atoms in total. The van der Waals surface area contributed by atoms with Gasteiger partial charge >= 0.3 is 5.97 Å². The van der Waals surface area contributed by atoms with E-state index >= 15 is 0 Å². The zero-order valence-electron chi connectivity index (χ0n) is 13.1. The molecule has 120 valence electrons. The third-order valence-corrected chi connectivity index (χ3v) is 3.33. The van der Waals surface area contributed by atoms with Gasteiger partial charge in [0.2, 0.25) is 5.91 Å². The van der Waals surface area contributed by atoms with E-state index in [4.69, 9.17) is 0 Å². The van der Waals surface area contributed by atoms with Crippen molar-refractivity contribution < 1.29 is 14.7 Å². The number of aromatic nitrogens is 1. The number of carboxylic acid groups (broad SMARTS) is 1. The smallest absolute Gasteiger partial charge is 0.339 e. The van der Waals surface area contributed by atoms with Crippen molar-refractivity contribution in [2.24, 2.45) is 0 Å². The second kappa shape index (κ2) is 7.40. The summed E-state index contributed by atoms with van der Waals surface area (Å²) in [7, 11) is 1.78. The minimum Gasteiger partial charge on any atom is -0.478 e. The molecule has 0 fully saturated rings. The first-order valence-electron chi connectivity index (χ1n) is 7.29. The molecule has 2 aromatic rings. The number of benzene rings is 1. The van der Waals surface area contributed by atoms with E-state index < -0.39 is 5.97 Å². The van der Waals surface area contributed by atoms with Gasteiger partial charge in [0.25, 0.3) is 0 Å². The van der Waals surface area contributed by atoms with Crippen LogP contribution in [0.2, 0.25) is 0 Å². The number of pyridine rings is 1. The van der Waals surface area contributed by atoms with Gasteiger partial charge in [0.05, 0.1) is 11.9 Å². The van der Waals surface area contributed by atoms with Gasteiger partial charge in [0.15, 0.2) is 0 Å². The molecule has 23 heavy (non-hydrogen) atoms. The van der Waals surface area contributed by atoms with E-state index in [9.17, 15) is 14.7 Å². The average Bonchev–Trinajstić information content (AvgIpc) is 2.55. The summed E-state index contributed by atoms with van der Waals surface area (Å²) in [6.07, 6.45) is 1.79. The highest BCUT2D eigenvalue weighted by atomic mass is 16.4. The fourth-order valence-electron chi connectivity index (χ4n) is 2.17. The minimum atomic E-state index is -1.08. The number of hydrogen-bond acceptors (Lipinski definition) is 4. The monoisotopic (exact) mass is 313 g/mol. The summed E-state index contributed by atoms with van der Waals surface area (Å²) in [5, 5.41) is 12.0. The Kier molecular flexibility index (Phi) is 5.30. The van der Waals surface area contributed by atoms with Crippen LogP contribution in [-0.4, -0.2) is 29.0 Å². The second-order valence-electron chi connectivity index (χ2n) is 5.14. The minimum absolute atomic E-state index is 0.0531. The molecular weight excluding hydrogens is 294 g/mol. The summed E-state index contributed by atoms with van der Waals surface area (Å²) in [5.74, 6) is -0.913. The number of nitrogens with zero attached hydrogens (tertiary/aromatic N) is 2. The van der Waals surface area contributed by atoms with Crippen molar-refractivity contribution in [2.45, 2.75) is 19.9 Å². The van der Waals surface area contributed by atoms with Crippen LogP contribution in [-0.2, 0) is 11.3 Å². The maximum absolute atomic E-state index is 11.5. The molecule has 1 aromatic carbocycles. The zero-order chi connectivity index (χ0) is 16.8. The molecule has 1 aromatic heterocycles. The lowest BCUT2D eigenvalue weighted by Gasteiger charge is -2.20. The molecule has 6 heteroatoms. The van der Waals surface area contributed by atoms with Crippen molar-refractivity contribution in [1.82, 2.24) is 4.98 Å². The Balaban J connectivity index is 2.26. The molecule has 0 bridgehead atoms. The van der Waals surface area contributed by atoms with Gasteiger partial charge in [-0.3, -0.25) is 4.79 Å². The van der Waals surface area contributed by atoms with Crippen molar-refractivity contribution in [3.05, 3.63) is 53.7 Å². The Bertz CT molecular complexity index is 701. The lowest BCUT2D eigenvalue weighted by molar-refractivity contribution is -0.115. The Hall–Kier alpha value is -2.89. The zero-order valence-corrected chi connectivity index (χ0v) is 13.1. The largest absolute Gasteiger partial charge is 0.478 e. The van der Waals surface area contributed by atoms with Gasteiger partial charge in [-0.2, -0.15) is 0 Å². The molecule has 0 unspecified atom stereocenters. The number of amides is 1. The third kappa shape index (κ3) is 4.29. The first-order valence-corrected chi connectivity index (χ1v) is 7.29. The molecule has 0 aliphatic heterocycles. The molecule has 2 N–H and O–H groups in total. The maximum atomic E-state index is 11.5. The molecule has 0 spiro atoms. The van der Waals surface area contributed by atoms with Crippen molar-refractivity contribution in [3.8, 4) is 0 Å². The van der Waals surface area contributed by atoms with Crippen LogP contribution >= 0.6 is 0 Å². The van der Waals surface area contributed by atoms with Crippen LogP contribution in [0.1, 0.15) is 29.3 Å². The van der Waals surface area contributed by atoms with E-state index in [1.54, 1.807) is 18.9 Å². The lowest BCUT2D eigenvalue weighted by atomic mass is 10.2. The SMILES string of the molecule is CCC(=O)Nc1cnc(N(C)Cc2ccccc2)c(C(=O)O)c1. The van der Waals surface area contributed by atoms with Crippen LogP contribution in [0.4, 0.5) is 11.5 Å². The lowest BCUT2D eigenvalue weighted by Crippen LogP contribution is -2.21. The predicted molar refractivity (Wildman–Crippen MR) is 88.7 cm³/mol. The van der Waals surface area contributed by atoms with E-state index in [1.807, 2.05) is 30.3 Å². The average molecular weight is 313 g/mol. The summed E-state index contributed by atoms with van der Waals surface area (Å²) in [6.45, 7) is 2.26. The van der Waals surface area contributed by atoms with Gasteiger partial charge in [-0.15, -0.1) is 0 Å². The van der Waals surface area contributed by atoms with E-state index in [0.717, 1.165) is 5.56 Å². The van der Waals surface area contributed by atoms with Crippen molar-refractivity contribution in [1.29, 1.82) is 0 Å². The van der Waals surface area contributed by atoms with Gasteiger partial charge in [-0.05, 0) is 11.6 Å².